The van der Waals surface area contributed by atoms with E-state index < -0.39 is 0 Å². The standard InChI is InChI=1S/C14H22N2O/c1-4-10-15(2)12-14(17)16(3)11-13-8-6-5-7-9-13/h5-9H,4,10-12H2,1-3H3. The van der Waals surface area contributed by atoms with Crippen LogP contribution in [0.25, 0.3) is 0 Å². The summed E-state index contributed by atoms with van der Waals surface area (Å²) in [6.07, 6.45) is 1.08. The molecule has 0 atom stereocenters. The Labute approximate surface area is 104 Å². The molecule has 17 heavy (non-hydrogen) atoms. The molecule has 0 aliphatic rings. The molecule has 0 fully saturated rings. The Morgan fingerprint density at radius 1 is 1.18 bits per heavy atom. The number of likely N-dealkylation sites (N-methyl/N-ethyl adjacent to an activating group) is 2. The van der Waals surface area contributed by atoms with Crippen LogP contribution in [0.3, 0.4) is 0 Å². The zero-order valence-electron chi connectivity index (χ0n) is 11.0. The topological polar surface area (TPSA) is 23.6 Å². The normalized spacial score (nSPS) is 10.6. The molecular weight excluding hydrogens is 212 g/mol. The van der Waals surface area contributed by atoms with Crippen molar-refractivity contribution in [1.29, 1.82) is 0 Å². The highest BCUT2D eigenvalue weighted by molar-refractivity contribution is 5.77. The summed E-state index contributed by atoms with van der Waals surface area (Å²) in [5, 5.41) is 0. The zero-order chi connectivity index (χ0) is 12.7. The zero-order valence-corrected chi connectivity index (χ0v) is 11.0. The fraction of sp³-hybridized carbons (Fsp3) is 0.500. The van der Waals surface area contributed by atoms with Crippen molar-refractivity contribution in [3.8, 4) is 0 Å². The highest BCUT2D eigenvalue weighted by atomic mass is 16.2. The Kier molecular flexibility index (Phi) is 5.70. The van der Waals surface area contributed by atoms with Crippen LogP contribution in [0.4, 0.5) is 0 Å². The fourth-order valence-corrected chi connectivity index (χ4v) is 1.76. The lowest BCUT2D eigenvalue weighted by atomic mass is 10.2. The van der Waals surface area contributed by atoms with E-state index in [1.54, 1.807) is 4.90 Å². The molecule has 3 heteroatoms. The van der Waals surface area contributed by atoms with Crippen molar-refractivity contribution in [3.63, 3.8) is 0 Å². The summed E-state index contributed by atoms with van der Waals surface area (Å²) < 4.78 is 0. The van der Waals surface area contributed by atoms with Crippen LogP contribution in [-0.2, 0) is 11.3 Å². The fourth-order valence-electron chi connectivity index (χ4n) is 1.76. The second-order valence-corrected chi connectivity index (χ2v) is 4.47. The van der Waals surface area contributed by atoms with Gasteiger partial charge in [-0.1, -0.05) is 37.3 Å². The Morgan fingerprint density at radius 3 is 2.41 bits per heavy atom. The van der Waals surface area contributed by atoms with Crippen molar-refractivity contribution < 1.29 is 4.79 Å². The third-order valence-electron chi connectivity index (χ3n) is 2.70. The second-order valence-electron chi connectivity index (χ2n) is 4.47. The van der Waals surface area contributed by atoms with Gasteiger partial charge in [0.05, 0.1) is 6.54 Å². The van der Waals surface area contributed by atoms with E-state index in [-0.39, 0.29) is 5.91 Å². The van der Waals surface area contributed by atoms with Crippen LogP contribution in [0.2, 0.25) is 0 Å². The van der Waals surface area contributed by atoms with Crippen molar-refractivity contribution in [1.82, 2.24) is 9.80 Å². The molecule has 0 unspecified atom stereocenters. The van der Waals surface area contributed by atoms with E-state index in [2.05, 4.69) is 11.8 Å². The summed E-state index contributed by atoms with van der Waals surface area (Å²) in [7, 11) is 3.84. The lowest BCUT2D eigenvalue weighted by Gasteiger charge is -2.21. The van der Waals surface area contributed by atoms with E-state index in [1.807, 2.05) is 44.4 Å². The molecule has 3 nitrogen and oxygen atoms in total. The van der Waals surface area contributed by atoms with Gasteiger partial charge in [0.2, 0.25) is 5.91 Å². The Bertz CT molecular complexity index is 337. The Morgan fingerprint density at radius 2 is 1.82 bits per heavy atom. The predicted octanol–water partition coefficient (Wildman–Crippen LogP) is 1.99. The molecule has 0 bridgehead atoms. The largest absolute Gasteiger partial charge is 0.340 e. The quantitative estimate of drug-likeness (QED) is 0.751. The lowest BCUT2D eigenvalue weighted by Crippen LogP contribution is -2.36. The van der Waals surface area contributed by atoms with Gasteiger partial charge in [-0.15, -0.1) is 0 Å². The monoisotopic (exact) mass is 234 g/mol. The molecule has 94 valence electrons. The number of amides is 1. The summed E-state index contributed by atoms with van der Waals surface area (Å²) in [4.78, 5) is 15.8. The minimum atomic E-state index is 0.171. The van der Waals surface area contributed by atoms with Crippen LogP contribution in [-0.4, -0.2) is 42.9 Å². The summed E-state index contributed by atoms with van der Waals surface area (Å²) in [5.74, 6) is 0.171. The molecule has 0 heterocycles. The maximum atomic E-state index is 11.9. The minimum absolute atomic E-state index is 0.171. The van der Waals surface area contributed by atoms with Crippen LogP contribution in [0.1, 0.15) is 18.9 Å². The molecule has 1 aromatic carbocycles. The van der Waals surface area contributed by atoms with Gasteiger partial charge in [0.1, 0.15) is 0 Å². The smallest absolute Gasteiger partial charge is 0.236 e. The van der Waals surface area contributed by atoms with Crippen molar-refractivity contribution >= 4 is 5.91 Å². The molecule has 1 aromatic rings. The van der Waals surface area contributed by atoms with Gasteiger partial charge < -0.3 is 4.90 Å². The second kappa shape index (κ2) is 7.07. The summed E-state index contributed by atoms with van der Waals surface area (Å²) in [6, 6.07) is 10.1. The van der Waals surface area contributed by atoms with E-state index in [9.17, 15) is 4.79 Å². The number of carbonyl (C=O) groups excluding carboxylic acids is 1. The highest BCUT2D eigenvalue weighted by Crippen LogP contribution is 2.03. The lowest BCUT2D eigenvalue weighted by molar-refractivity contribution is -0.131. The first-order valence-corrected chi connectivity index (χ1v) is 6.10. The van der Waals surface area contributed by atoms with E-state index in [0.29, 0.717) is 13.1 Å². The number of rotatable bonds is 6. The van der Waals surface area contributed by atoms with Gasteiger partial charge in [-0.3, -0.25) is 9.69 Å². The number of nitrogens with zero attached hydrogens (tertiary/aromatic N) is 2. The van der Waals surface area contributed by atoms with Crippen LogP contribution >= 0.6 is 0 Å². The van der Waals surface area contributed by atoms with E-state index in [0.717, 1.165) is 13.0 Å². The van der Waals surface area contributed by atoms with Gasteiger partial charge in [0.15, 0.2) is 0 Å². The van der Waals surface area contributed by atoms with Gasteiger partial charge in [0, 0.05) is 13.6 Å². The highest BCUT2D eigenvalue weighted by Gasteiger charge is 2.11. The third kappa shape index (κ3) is 5.00. The van der Waals surface area contributed by atoms with Crippen LogP contribution in [0, 0.1) is 0 Å². The molecule has 1 rings (SSSR count). The first-order valence-electron chi connectivity index (χ1n) is 6.10. The SMILES string of the molecule is CCCN(C)CC(=O)N(C)Cc1ccccc1. The van der Waals surface area contributed by atoms with Crippen molar-refractivity contribution in [3.05, 3.63) is 35.9 Å². The predicted molar refractivity (Wildman–Crippen MR) is 70.7 cm³/mol. The third-order valence-corrected chi connectivity index (χ3v) is 2.70. The number of hydrogen-bond donors (Lipinski definition) is 0. The van der Waals surface area contributed by atoms with E-state index >= 15 is 0 Å². The summed E-state index contributed by atoms with van der Waals surface area (Å²) in [6.45, 7) is 4.26. The summed E-state index contributed by atoms with van der Waals surface area (Å²) in [5.41, 5.74) is 1.17. The molecule has 0 N–H and O–H groups in total. The number of carbonyl (C=O) groups is 1. The molecule has 0 radical (unpaired) electrons. The molecule has 1 amide bonds. The van der Waals surface area contributed by atoms with Crippen LogP contribution in [0.5, 0.6) is 0 Å². The molecule has 0 spiro atoms. The van der Waals surface area contributed by atoms with Gasteiger partial charge >= 0.3 is 0 Å². The maximum Gasteiger partial charge on any atom is 0.236 e. The van der Waals surface area contributed by atoms with E-state index in [1.165, 1.54) is 5.56 Å². The van der Waals surface area contributed by atoms with Gasteiger partial charge in [-0.05, 0) is 25.6 Å². The van der Waals surface area contributed by atoms with Gasteiger partial charge in [-0.25, -0.2) is 0 Å². The Hall–Kier alpha value is -1.35. The molecule has 0 aromatic heterocycles. The summed E-state index contributed by atoms with van der Waals surface area (Å²) >= 11 is 0. The van der Waals surface area contributed by atoms with Gasteiger partial charge in [-0.2, -0.15) is 0 Å². The maximum absolute atomic E-state index is 11.9. The number of hydrogen-bond acceptors (Lipinski definition) is 2. The minimum Gasteiger partial charge on any atom is -0.340 e. The first kappa shape index (κ1) is 13.7. The Balaban J connectivity index is 2.42. The average molecular weight is 234 g/mol. The first-order chi connectivity index (χ1) is 8.13. The molecule has 0 saturated heterocycles. The van der Waals surface area contributed by atoms with Crippen LogP contribution in [0.15, 0.2) is 30.3 Å². The molecule has 0 aliphatic heterocycles. The van der Waals surface area contributed by atoms with Gasteiger partial charge in [0.25, 0.3) is 0 Å². The van der Waals surface area contributed by atoms with E-state index in [4.69, 9.17) is 0 Å². The van der Waals surface area contributed by atoms with Crippen molar-refractivity contribution in [2.45, 2.75) is 19.9 Å². The van der Waals surface area contributed by atoms with Crippen molar-refractivity contribution in [2.24, 2.45) is 0 Å². The number of benzene rings is 1. The van der Waals surface area contributed by atoms with Crippen LogP contribution < -0.4 is 0 Å². The molecule has 0 saturated carbocycles. The van der Waals surface area contributed by atoms with Crippen molar-refractivity contribution in [2.75, 3.05) is 27.2 Å². The molecule has 0 aliphatic carbocycles. The average Bonchev–Trinajstić information content (AvgIpc) is 2.30. The molecular formula is C14H22N2O.